The van der Waals surface area contributed by atoms with Gasteiger partial charge in [-0.2, -0.15) is 5.26 Å². The van der Waals surface area contributed by atoms with E-state index in [1.54, 1.807) is 19.1 Å². The summed E-state index contributed by atoms with van der Waals surface area (Å²) in [6.07, 6.45) is 0. The maximum Gasteiger partial charge on any atom is 0.273 e. The van der Waals surface area contributed by atoms with Crippen LogP contribution in [-0.2, 0) is 0 Å². The highest BCUT2D eigenvalue weighted by Gasteiger charge is 2.07. The minimum absolute atomic E-state index is 0.0166. The molecule has 1 unspecified atom stereocenters. The number of hydrogen-bond donors (Lipinski definition) is 0. The molecule has 0 aliphatic rings. The predicted octanol–water partition coefficient (Wildman–Crippen LogP) is 2.13. The Morgan fingerprint density at radius 2 is 2.40 bits per heavy atom. The second kappa shape index (κ2) is 4.96. The molecule has 0 aromatic heterocycles. The Kier molecular flexibility index (Phi) is 3.63. The largest absolute Gasteiger partial charge is 0.492 e. The molecule has 15 heavy (non-hydrogen) atoms. The number of nitro benzene ring substituents is 1. The lowest BCUT2D eigenvalue weighted by molar-refractivity contribution is -0.384. The van der Waals surface area contributed by atoms with E-state index in [1.165, 1.54) is 12.1 Å². The number of benzene rings is 1. The zero-order chi connectivity index (χ0) is 11.3. The van der Waals surface area contributed by atoms with Crippen molar-refractivity contribution in [3.63, 3.8) is 0 Å². The van der Waals surface area contributed by atoms with E-state index < -0.39 is 4.92 Å². The first-order chi connectivity index (χ1) is 7.13. The van der Waals surface area contributed by atoms with Crippen LogP contribution >= 0.6 is 0 Å². The maximum atomic E-state index is 10.4. The lowest BCUT2D eigenvalue weighted by Crippen LogP contribution is -2.06. The molecule has 0 radical (unpaired) electrons. The summed E-state index contributed by atoms with van der Waals surface area (Å²) in [5, 5.41) is 19.0. The Balaban J connectivity index is 2.67. The summed E-state index contributed by atoms with van der Waals surface area (Å²) in [4.78, 5) is 9.96. The molecule has 0 aliphatic heterocycles. The molecule has 0 amide bonds. The van der Waals surface area contributed by atoms with Gasteiger partial charge in [0.1, 0.15) is 12.4 Å². The lowest BCUT2D eigenvalue weighted by atomic mass is 10.2. The molecule has 0 saturated carbocycles. The van der Waals surface area contributed by atoms with Crippen LogP contribution in [0.15, 0.2) is 24.3 Å². The summed E-state index contributed by atoms with van der Waals surface area (Å²) in [7, 11) is 0. The van der Waals surface area contributed by atoms with E-state index in [4.69, 9.17) is 10.00 Å². The van der Waals surface area contributed by atoms with Gasteiger partial charge in [0.15, 0.2) is 0 Å². The molecule has 1 atom stereocenters. The minimum atomic E-state index is -0.486. The Labute approximate surface area is 87.1 Å². The Hall–Kier alpha value is -2.09. The third-order valence-corrected chi connectivity index (χ3v) is 1.75. The maximum absolute atomic E-state index is 10.4. The molecule has 1 aromatic carbocycles. The van der Waals surface area contributed by atoms with Gasteiger partial charge < -0.3 is 4.74 Å². The van der Waals surface area contributed by atoms with Crippen LogP contribution in [0.25, 0.3) is 0 Å². The molecule has 78 valence electrons. The zero-order valence-corrected chi connectivity index (χ0v) is 8.21. The van der Waals surface area contributed by atoms with E-state index in [9.17, 15) is 10.1 Å². The fourth-order valence-corrected chi connectivity index (χ4v) is 0.945. The third-order valence-electron chi connectivity index (χ3n) is 1.75. The van der Waals surface area contributed by atoms with Crippen molar-refractivity contribution in [3.8, 4) is 11.8 Å². The molecule has 0 fully saturated rings. The fourth-order valence-electron chi connectivity index (χ4n) is 0.945. The Bertz CT molecular complexity index is 398. The van der Waals surface area contributed by atoms with Crippen LogP contribution < -0.4 is 4.74 Å². The second-order valence-electron chi connectivity index (χ2n) is 3.10. The average Bonchev–Trinajstić information content (AvgIpc) is 2.26. The summed E-state index contributed by atoms with van der Waals surface area (Å²) in [5.74, 6) is 0.176. The molecule has 5 nitrogen and oxygen atoms in total. The van der Waals surface area contributed by atoms with Crippen molar-refractivity contribution in [1.29, 1.82) is 5.26 Å². The fraction of sp³-hybridized carbons (Fsp3) is 0.300. The van der Waals surface area contributed by atoms with Crippen LogP contribution in [0.4, 0.5) is 5.69 Å². The van der Waals surface area contributed by atoms with Crippen LogP contribution in [-0.4, -0.2) is 11.5 Å². The average molecular weight is 206 g/mol. The van der Waals surface area contributed by atoms with Crippen LogP contribution in [0, 0.1) is 27.4 Å². The highest BCUT2D eigenvalue weighted by molar-refractivity contribution is 5.37. The van der Waals surface area contributed by atoms with Crippen molar-refractivity contribution >= 4 is 5.69 Å². The summed E-state index contributed by atoms with van der Waals surface area (Å²) < 4.78 is 5.22. The Morgan fingerprint density at radius 1 is 1.67 bits per heavy atom. The van der Waals surface area contributed by atoms with Crippen LogP contribution in [0.5, 0.6) is 5.75 Å². The SMILES string of the molecule is CC(C#N)COc1cccc([N+](=O)[O-])c1. The molecule has 0 N–H and O–H groups in total. The van der Waals surface area contributed by atoms with Gasteiger partial charge >= 0.3 is 0 Å². The van der Waals surface area contributed by atoms with Gasteiger partial charge in [0.05, 0.1) is 23.0 Å². The highest BCUT2D eigenvalue weighted by Crippen LogP contribution is 2.19. The smallest absolute Gasteiger partial charge is 0.273 e. The molecule has 0 saturated heterocycles. The molecule has 0 aliphatic carbocycles. The van der Waals surface area contributed by atoms with Gasteiger partial charge in [-0.1, -0.05) is 6.07 Å². The van der Waals surface area contributed by atoms with Crippen LogP contribution in [0.1, 0.15) is 6.92 Å². The Morgan fingerprint density at radius 3 is 3.00 bits per heavy atom. The molecule has 0 bridgehead atoms. The van der Waals surface area contributed by atoms with Crippen molar-refractivity contribution in [1.82, 2.24) is 0 Å². The summed E-state index contributed by atoms with van der Waals surface area (Å²) in [5.41, 5.74) is -0.0166. The van der Waals surface area contributed by atoms with Gasteiger partial charge in [0.2, 0.25) is 0 Å². The summed E-state index contributed by atoms with van der Waals surface area (Å²) in [6, 6.07) is 7.91. The van der Waals surface area contributed by atoms with E-state index in [0.29, 0.717) is 5.75 Å². The molecule has 1 rings (SSSR count). The number of ether oxygens (including phenoxy) is 1. The zero-order valence-electron chi connectivity index (χ0n) is 8.21. The van der Waals surface area contributed by atoms with Gasteiger partial charge in [0, 0.05) is 6.07 Å². The van der Waals surface area contributed by atoms with E-state index in [1.807, 2.05) is 6.07 Å². The number of non-ortho nitro benzene ring substituents is 1. The van der Waals surface area contributed by atoms with E-state index >= 15 is 0 Å². The van der Waals surface area contributed by atoms with Crippen molar-refractivity contribution < 1.29 is 9.66 Å². The predicted molar refractivity (Wildman–Crippen MR) is 53.4 cm³/mol. The summed E-state index contributed by atoms with van der Waals surface area (Å²) in [6.45, 7) is 1.95. The first kappa shape index (κ1) is 11.0. The van der Waals surface area contributed by atoms with Crippen molar-refractivity contribution in [3.05, 3.63) is 34.4 Å². The van der Waals surface area contributed by atoms with Crippen molar-refractivity contribution in [2.45, 2.75) is 6.92 Å². The van der Waals surface area contributed by atoms with Gasteiger partial charge in [-0.15, -0.1) is 0 Å². The first-order valence-electron chi connectivity index (χ1n) is 4.40. The molecule has 0 spiro atoms. The van der Waals surface area contributed by atoms with Gasteiger partial charge in [-0.25, -0.2) is 0 Å². The topological polar surface area (TPSA) is 76.2 Å². The molecular weight excluding hydrogens is 196 g/mol. The normalized spacial score (nSPS) is 11.5. The van der Waals surface area contributed by atoms with E-state index in [-0.39, 0.29) is 18.2 Å². The van der Waals surface area contributed by atoms with E-state index in [0.717, 1.165) is 0 Å². The minimum Gasteiger partial charge on any atom is -0.492 e. The molecular formula is C10H10N2O3. The van der Waals surface area contributed by atoms with Crippen LogP contribution in [0.2, 0.25) is 0 Å². The molecule has 0 heterocycles. The molecule has 5 heteroatoms. The lowest BCUT2D eigenvalue weighted by Gasteiger charge is -2.06. The number of nitro groups is 1. The van der Waals surface area contributed by atoms with Crippen LogP contribution in [0.3, 0.4) is 0 Å². The number of nitrogens with zero attached hydrogens (tertiary/aromatic N) is 2. The monoisotopic (exact) mass is 206 g/mol. The number of rotatable bonds is 4. The third kappa shape index (κ3) is 3.27. The number of nitriles is 1. The second-order valence-corrected chi connectivity index (χ2v) is 3.10. The molecule has 1 aromatic rings. The van der Waals surface area contributed by atoms with Crippen molar-refractivity contribution in [2.24, 2.45) is 5.92 Å². The van der Waals surface area contributed by atoms with Gasteiger partial charge in [-0.05, 0) is 13.0 Å². The van der Waals surface area contributed by atoms with Crippen molar-refractivity contribution in [2.75, 3.05) is 6.61 Å². The van der Waals surface area contributed by atoms with E-state index in [2.05, 4.69) is 0 Å². The standard InChI is InChI=1S/C10H10N2O3/c1-8(6-11)7-15-10-4-2-3-9(5-10)12(13)14/h2-5,8H,7H2,1H3. The summed E-state index contributed by atoms with van der Waals surface area (Å²) >= 11 is 0. The first-order valence-corrected chi connectivity index (χ1v) is 4.40. The number of hydrogen-bond acceptors (Lipinski definition) is 4. The quantitative estimate of drug-likeness (QED) is 0.558. The highest BCUT2D eigenvalue weighted by atomic mass is 16.6. The van der Waals surface area contributed by atoms with Gasteiger partial charge in [-0.3, -0.25) is 10.1 Å². The van der Waals surface area contributed by atoms with Gasteiger partial charge in [0.25, 0.3) is 5.69 Å².